The van der Waals surface area contributed by atoms with Crippen LogP contribution in [0.15, 0.2) is 18.2 Å². The Balaban J connectivity index is 2.69. The molecule has 68 valence electrons. The van der Waals surface area contributed by atoms with Gasteiger partial charge in [-0.25, -0.2) is 8.78 Å². The Morgan fingerprint density at radius 3 is 2.85 bits per heavy atom. The van der Waals surface area contributed by atoms with Gasteiger partial charge in [-0.05, 0) is 18.2 Å². The molecular formula is C8H7F2N3. The van der Waals surface area contributed by atoms with Gasteiger partial charge in [0.25, 0.3) is 6.43 Å². The van der Waals surface area contributed by atoms with Crippen LogP contribution in [0.2, 0.25) is 0 Å². The number of alkyl halides is 2. The summed E-state index contributed by atoms with van der Waals surface area (Å²) < 4.78 is 24.7. The lowest BCUT2D eigenvalue weighted by Gasteiger charge is -1.95. The fraction of sp³-hybridized carbons (Fsp3) is 0.125. The minimum absolute atomic E-state index is 0.157. The zero-order valence-corrected chi connectivity index (χ0v) is 6.59. The molecule has 13 heavy (non-hydrogen) atoms. The molecule has 0 saturated carbocycles. The Bertz CT molecular complexity index is 436. The van der Waals surface area contributed by atoms with Gasteiger partial charge in [-0.2, -0.15) is 5.10 Å². The number of hydrogen-bond donors (Lipinski definition) is 2. The van der Waals surface area contributed by atoms with Gasteiger partial charge in [0.2, 0.25) is 0 Å². The van der Waals surface area contributed by atoms with E-state index < -0.39 is 6.43 Å². The highest BCUT2D eigenvalue weighted by atomic mass is 19.3. The summed E-state index contributed by atoms with van der Waals surface area (Å²) in [5.74, 6) is 0. The molecule has 0 spiro atoms. The van der Waals surface area contributed by atoms with Gasteiger partial charge in [0, 0.05) is 11.1 Å². The first kappa shape index (κ1) is 7.97. The summed E-state index contributed by atoms with van der Waals surface area (Å²) in [5.41, 5.74) is 6.29. The quantitative estimate of drug-likeness (QED) is 0.665. The first-order chi connectivity index (χ1) is 6.18. The van der Waals surface area contributed by atoms with E-state index in [2.05, 4.69) is 10.2 Å². The van der Waals surface area contributed by atoms with E-state index in [9.17, 15) is 8.78 Å². The lowest BCUT2D eigenvalue weighted by Crippen LogP contribution is -1.85. The second-order valence-corrected chi connectivity index (χ2v) is 2.71. The van der Waals surface area contributed by atoms with Crippen molar-refractivity contribution >= 4 is 16.6 Å². The molecule has 0 atom stereocenters. The average Bonchev–Trinajstić information content (AvgIpc) is 2.46. The molecule has 0 aliphatic carbocycles. The molecule has 0 aliphatic rings. The second-order valence-electron chi connectivity index (χ2n) is 2.71. The summed E-state index contributed by atoms with van der Waals surface area (Å²) in [6.07, 6.45) is -2.53. The number of benzene rings is 1. The highest BCUT2D eigenvalue weighted by Gasteiger charge is 2.13. The van der Waals surface area contributed by atoms with Crippen molar-refractivity contribution in [3.8, 4) is 0 Å². The van der Waals surface area contributed by atoms with E-state index in [0.29, 0.717) is 16.6 Å². The van der Waals surface area contributed by atoms with Crippen LogP contribution in [0, 0.1) is 0 Å². The first-order valence-corrected chi connectivity index (χ1v) is 3.70. The van der Waals surface area contributed by atoms with E-state index >= 15 is 0 Å². The van der Waals surface area contributed by atoms with Crippen molar-refractivity contribution in [1.29, 1.82) is 0 Å². The molecular weight excluding hydrogens is 176 g/mol. The molecule has 0 bridgehead atoms. The number of H-pyrrole nitrogens is 1. The number of nitrogens with zero attached hydrogens (tertiary/aromatic N) is 1. The van der Waals surface area contributed by atoms with Crippen molar-refractivity contribution in [1.82, 2.24) is 10.2 Å². The van der Waals surface area contributed by atoms with Gasteiger partial charge < -0.3 is 5.73 Å². The van der Waals surface area contributed by atoms with Crippen molar-refractivity contribution in [3.63, 3.8) is 0 Å². The van der Waals surface area contributed by atoms with Crippen LogP contribution in [0.5, 0.6) is 0 Å². The SMILES string of the molecule is Nc1ccc2c(C(F)F)[nH]nc2c1. The Morgan fingerprint density at radius 1 is 1.38 bits per heavy atom. The molecule has 0 unspecified atom stereocenters. The fourth-order valence-electron chi connectivity index (χ4n) is 1.22. The van der Waals surface area contributed by atoms with Gasteiger partial charge in [0.05, 0.1) is 5.52 Å². The van der Waals surface area contributed by atoms with Gasteiger partial charge in [-0.15, -0.1) is 0 Å². The van der Waals surface area contributed by atoms with Crippen molar-refractivity contribution in [3.05, 3.63) is 23.9 Å². The molecule has 0 fully saturated rings. The Morgan fingerprint density at radius 2 is 2.15 bits per heavy atom. The Labute approximate surface area is 72.5 Å². The molecule has 0 aliphatic heterocycles. The average molecular weight is 183 g/mol. The highest BCUT2D eigenvalue weighted by molar-refractivity contribution is 5.84. The number of nitrogen functional groups attached to an aromatic ring is 1. The maximum absolute atomic E-state index is 12.3. The first-order valence-electron chi connectivity index (χ1n) is 3.70. The zero-order valence-electron chi connectivity index (χ0n) is 6.59. The molecule has 3 N–H and O–H groups in total. The lowest BCUT2D eigenvalue weighted by atomic mass is 10.2. The third kappa shape index (κ3) is 1.22. The van der Waals surface area contributed by atoms with Gasteiger partial charge in [-0.3, -0.25) is 5.10 Å². The topological polar surface area (TPSA) is 54.7 Å². The monoisotopic (exact) mass is 183 g/mol. The van der Waals surface area contributed by atoms with E-state index in [0.717, 1.165) is 0 Å². The number of hydrogen-bond acceptors (Lipinski definition) is 2. The van der Waals surface area contributed by atoms with Crippen LogP contribution < -0.4 is 5.73 Å². The fourth-order valence-corrected chi connectivity index (χ4v) is 1.22. The normalized spacial score (nSPS) is 11.3. The van der Waals surface area contributed by atoms with Crippen LogP contribution in [-0.4, -0.2) is 10.2 Å². The predicted molar refractivity (Wildman–Crippen MR) is 45.5 cm³/mol. The van der Waals surface area contributed by atoms with Crippen molar-refractivity contribution in [2.75, 3.05) is 5.73 Å². The number of aromatic nitrogens is 2. The summed E-state index contributed by atoms with van der Waals surface area (Å²) in [4.78, 5) is 0. The molecule has 0 saturated heterocycles. The van der Waals surface area contributed by atoms with E-state index in [1.165, 1.54) is 6.07 Å². The largest absolute Gasteiger partial charge is 0.399 e. The van der Waals surface area contributed by atoms with Gasteiger partial charge in [0.1, 0.15) is 5.69 Å². The van der Waals surface area contributed by atoms with Crippen molar-refractivity contribution in [2.45, 2.75) is 6.43 Å². The van der Waals surface area contributed by atoms with Crippen LogP contribution in [0.1, 0.15) is 12.1 Å². The maximum Gasteiger partial charge on any atom is 0.280 e. The molecule has 2 aromatic rings. The summed E-state index contributed by atoms with van der Waals surface area (Å²) in [6.45, 7) is 0. The van der Waals surface area contributed by atoms with Gasteiger partial charge in [-0.1, -0.05) is 0 Å². The summed E-state index contributed by atoms with van der Waals surface area (Å²) in [6, 6.07) is 4.66. The summed E-state index contributed by atoms with van der Waals surface area (Å²) in [7, 11) is 0. The minimum Gasteiger partial charge on any atom is -0.399 e. The Kier molecular flexibility index (Phi) is 1.65. The standard InChI is InChI=1S/C8H7F2N3/c9-8(10)7-5-2-1-4(11)3-6(5)12-13-7/h1-3,8H,11H2,(H,12,13). The van der Waals surface area contributed by atoms with Crippen molar-refractivity contribution in [2.24, 2.45) is 0 Å². The van der Waals surface area contributed by atoms with E-state index in [4.69, 9.17) is 5.73 Å². The van der Waals surface area contributed by atoms with Gasteiger partial charge in [0.15, 0.2) is 0 Å². The summed E-state index contributed by atoms with van der Waals surface area (Å²) >= 11 is 0. The number of nitrogens with two attached hydrogens (primary N) is 1. The number of rotatable bonds is 1. The molecule has 3 nitrogen and oxygen atoms in total. The maximum atomic E-state index is 12.3. The number of aromatic amines is 1. The molecule has 0 amide bonds. The Hall–Kier alpha value is -1.65. The predicted octanol–water partition coefficient (Wildman–Crippen LogP) is 2.08. The number of halogens is 2. The molecule has 1 aromatic carbocycles. The van der Waals surface area contributed by atoms with Gasteiger partial charge >= 0.3 is 0 Å². The second kappa shape index (κ2) is 2.69. The smallest absolute Gasteiger partial charge is 0.280 e. The van der Waals surface area contributed by atoms with E-state index in [1.54, 1.807) is 12.1 Å². The third-order valence-corrected chi connectivity index (χ3v) is 1.83. The molecule has 1 aromatic heterocycles. The van der Waals surface area contributed by atoms with Crippen LogP contribution >= 0.6 is 0 Å². The number of fused-ring (bicyclic) bond motifs is 1. The minimum atomic E-state index is -2.53. The van der Waals surface area contributed by atoms with Crippen LogP contribution in [-0.2, 0) is 0 Å². The molecule has 5 heteroatoms. The van der Waals surface area contributed by atoms with Crippen LogP contribution in [0.25, 0.3) is 10.9 Å². The summed E-state index contributed by atoms with van der Waals surface area (Å²) in [5, 5.41) is 6.42. The number of anilines is 1. The zero-order chi connectivity index (χ0) is 9.42. The third-order valence-electron chi connectivity index (χ3n) is 1.83. The van der Waals surface area contributed by atoms with E-state index in [1.807, 2.05) is 0 Å². The van der Waals surface area contributed by atoms with Crippen LogP contribution in [0.3, 0.4) is 0 Å². The molecule has 2 rings (SSSR count). The number of nitrogens with one attached hydrogen (secondary N) is 1. The molecule has 1 heterocycles. The van der Waals surface area contributed by atoms with Crippen LogP contribution in [0.4, 0.5) is 14.5 Å². The van der Waals surface area contributed by atoms with Crippen molar-refractivity contribution < 1.29 is 8.78 Å². The molecule has 0 radical (unpaired) electrons. The lowest BCUT2D eigenvalue weighted by molar-refractivity contribution is 0.147. The van der Waals surface area contributed by atoms with E-state index in [-0.39, 0.29) is 5.69 Å². The highest BCUT2D eigenvalue weighted by Crippen LogP contribution is 2.26.